The Morgan fingerprint density at radius 1 is 1.33 bits per heavy atom. The van der Waals surface area contributed by atoms with E-state index in [0.29, 0.717) is 6.10 Å². The molecule has 1 aliphatic heterocycles. The standard InChI is InChI=1S/C17H21NO2S/c1-12-9-17(21-11-14-5-3-4-8-20-14)18-16-10-13(19-2)6-7-15(12)16/h6-7,9-10,14H,3-5,8,11H2,1-2H3/t14-/m1/s1. The van der Waals surface area contributed by atoms with E-state index in [1.807, 2.05) is 12.1 Å². The summed E-state index contributed by atoms with van der Waals surface area (Å²) < 4.78 is 11.1. The van der Waals surface area contributed by atoms with Crippen molar-refractivity contribution < 1.29 is 9.47 Å². The van der Waals surface area contributed by atoms with Gasteiger partial charge in [-0.05, 0) is 49.9 Å². The van der Waals surface area contributed by atoms with Crippen molar-refractivity contribution in [2.75, 3.05) is 19.5 Å². The lowest BCUT2D eigenvalue weighted by atomic mass is 10.1. The third kappa shape index (κ3) is 3.50. The second kappa shape index (κ2) is 6.67. The van der Waals surface area contributed by atoms with E-state index in [0.717, 1.165) is 28.7 Å². The molecule has 21 heavy (non-hydrogen) atoms. The first-order valence-corrected chi connectivity index (χ1v) is 8.44. The summed E-state index contributed by atoms with van der Waals surface area (Å²) >= 11 is 1.79. The van der Waals surface area contributed by atoms with Crippen molar-refractivity contribution in [3.8, 4) is 5.75 Å². The number of aryl methyl sites for hydroxylation is 1. The van der Waals surface area contributed by atoms with E-state index in [9.17, 15) is 0 Å². The zero-order chi connectivity index (χ0) is 14.7. The molecule has 3 nitrogen and oxygen atoms in total. The Balaban J connectivity index is 1.78. The van der Waals surface area contributed by atoms with E-state index < -0.39 is 0 Å². The number of methoxy groups -OCH3 is 1. The number of fused-ring (bicyclic) bond motifs is 1. The van der Waals surface area contributed by atoms with Crippen molar-refractivity contribution in [3.63, 3.8) is 0 Å². The van der Waals surface area contributed by atoms with E-state index in [1.54, 1.807) is 18.9 Å². The number of hydrogen-bond donors (Lipinski definition) is 0. The number of thioether (sulfide) groups is 1. The van der Waals surface area contributed by atoms with Gasteiger partial charge in [0.2, 0.25) is 0 Å². The van der Waals surface area contributed by atoms with E-state index in [2.05, 4.69) is 19.1 Å². The Morgan fingerprint density at radius 3 is 3.00 bits per heavy atom. The average molecular weight is 303 g/mol. The highest BCUT2D eigenvalue weighted by Crippen LogP contribution is 2.28. The summed E-state index contributed by atoms with van der Waals surface area (Å²) in [7, 11) is 1.69. The Bertz CT molecular complexity index is 623. The maximum atomic E-state index is 5.79. The SMILES string of the molecule is COc1ccc2c(C)cc(SC[C@H]3CCCCO3)nc2c1. The fourth-order valence-electron chi connectivity index (χ4n) is 2.67. The zero-order valence-electron chi connectivity index (χ0n) is 12.6. The quantitative estimate of drug-likeness (QED) is 0.792. The molecule has 112 valence electrons. The minimum absolute atomic E-state index is 0.381. The van der Waals surface area contributed by atoms with Crippen LogP contribution in [0.5, 0.6) is 5.75 Å². The largest absolute Gasteiger partial charge is 0.497 e. The molecule has 1 atom stereocenters. The topological polar surface area (TPSA) is 31.4 Å². The molecule has 1 fully saturated rings. The van der Waals surface area contributed by atoms with Crippen LogP contribution in [0.3, 0.4) is 0 Å². The summed E-state index contributed by atoms with van der Waals surface area (Å²) in [5.74, 6) is 1.84. The minimum atomic E-state index is 0.381. The van der Waals surface area contributed by atoms with Gasteiger partial charge in [-0.1, -0.05) is 0 Å². The molecule has 0 amide bonds. The van der Waals surface area contributed by atoms with Gasteiger partial charge in [-0.15, -0.1) is 11.8 Å². The highest BCUT2D eigenvalue weighted by Gasteiger charge is 2.14. The molecule has 4 heteroatoms. The molecule has 0 radical (unpaired) electrons. The number of benzene rings is 1. The predicted molar refractivity (Wildman–Crippen MR) is 87.3 cm³/mol. The molecule has 0 unspecified atom stereocenters. The van der Waals surface area contributed by atoms with Crippen LogP contribution in [0.1, 0.15) is 24.8 Å². The lowest BCUT2D eigenvalue weighted by molar-refractivity contribution is 0.0315. The van der Waals surface area contributed by atoms with Crippen molar-refractivity contribution >= 4 is 22.7 Å². The fourth-order valence-corrected chi connectivity index (χ4v) is 3.71. The zero-order valence-corrected chi connectivity index (χ0v) is 13.4. The lowest BCUT2D eigenvalue weighted by Gasteiger charge is -2.22. The molecule has 0 bridgehead atoms. The van der Waals surface area contributed by atoms with Crippen LogP contribution in [-0.2, 0) is 4.74 Å². The van der Waals surface area contributed by atoms with E-state index in [4.69, 9.17) is 14.5 Å². The Morgan fingerprint density at radius 2 is 2.24 bits per heavy atom. The van der Waals surface area contributed by atoms with Gasteiger partial charge in [0.25, 0.3) is 0 Å². The number of nitrogens with zero attached hydrogens (tertiary/aromatic N) is 1. The number of ether oxygens (including phenoxy) is 2. The molecule has 2 heterocycles. The summed E-state index contributed by atoms with van der Waals surface area (Å²) in [6.45, 7) is 3.05. The van der Waals surface area contributed by atoms with Crippen LogP contribution in [0.25, 0.3) is 10.9 Å². The minimum Gasteiger partial charge on any atom is -0.497 e. The number of aromatic nitrogens is 1. The monoisotopic (exact) mass is 303 g/mol. The first-order chi connectivity index (χ1) is 10.3. The first-order valence-electron chi connectivity index (χ1n) is 7.46. The molecule has 1 aromatic heterocycles. The molecular formula is C17H21NO2S. The lowest BCUT2D eigenvalue weighted by Crippen LogP contribution is -2.21. The summed E-state index contributed by atoms with van der Waals surface area (Å²) in [6, 6.07) is 8.24. The third-order valence-electron chi connectivity index (χ3n) is 3.89. The van der Waals surface area contributed by atoms with E-state index in [1.165, 1.54) is 30.2 Å². The molecule has 0 spiro atoms. The van der Waals surface area contributed by atoms with Crippen molar-refractivity contribution in [2.45, 2.75) is 37.3 Å². The van der Waals surface area contributed by atoms with E-state index in [-0.39, 0.29) is 0 Å². The summed E-state index contributed by atoms with van der Waals surface area (Å²) in [5, 5.41) is 2.26. The van der Waals surface area contributed by atoms with Gasteiger partial charge in [-0.25, -0.2) is 4.98 Å². The molecule has 0 N–H and O–H groups in total. The first kappa shape index (κ1) is 14.7. The normalized spacial score (nSPS) is 18.9. The van der Waals surface area contributed by atoms with Crippen molar-refractivity contribution in [1.29, 1.82) is 0 Å². The number of pyridine rings is 1. The molecule has 2 aromatic rings. The van der Waals surface area contributed by atoms with Crippen LogP contribution >= 0.6 is 11.8 Å². The molecule has 1 aliphatic rings. The van der Waals surface area contributed by atoms with Crippen LogP contribution in [0.4, 0.5) is 0 Å². The van der Waals surface area contributed by atoms with Gasteiger partial charge in [0, 0.05) is 23.8 Å². The summed E-state index contributed by atoms with van der Waals surface area (Å²) in [6.07, 6.45) is 4.04. The van der Waals surface area contributed by atoms with Gasteiger partial charge in [0.05, 0.1) is 23.8 Å². The van der Waals surface area contributed by atoms with Gasteiger partial charge < -0.3 is 9.47 Å². The van der Waals surface area contributed by atoms with Crippen molar-refractivity contribution in [3.05, 3.63) is 29.8 Å². The van der Waals surface area contributed by atoms with Crippen LogP contribution < -0.4 is 4.74 Å². The maximum absolute atomic E-state index is 5.79. The molecule has 1 aromatic carbocycles. The van der Waals surface area contributed by atoms with Gasteiger partial charge in [-0.2, -0.15) is 0 Å². The Kier molecular flexibility index (Phi) is 4.66. The second-order valence-electron chi connectivity index (χ2n) is 5.46. The van der Waals surface area contributed by atoms with Crippen molar-refractivity contribution in [2.24, 2.45) is 0 Å². The second-order valence-corrected chi connectivity index (χ2v) is 6.50. The highest BCUT2D eigenvalue weighted by atomic mass is 32.2. The van der Waals surface area contributed by atoms with Crippen molar-refractivity contribution in [1.82, 2.24) is 4.98 Å². The molecule has 0 saturated carbocycles. The van der Waals surface area contributed by atoms with Crippen LogP contribution in [-0.4, -0.2) is 30.6 Å². The highest BCUT2D eigenvalue weighted by molar-refractivity contribution is 7.99. The third-order valence-corrected chi connectivity index (χ3v) is 4.93. The summed E-state index contributed by atoms with van der Waals surface area (Å²) in [5.41, 5.74) is 2.26. The van der Waals surface area contributed by atoms with Gasteiger partial charge in [0.1, 0.15) is 5.75 Å². The van der Waals surface area contributed by atoms with Gasteiger partial charge in [-0.3, -0.25) is 0 Å². The van der Waals surface area contributed by atoms with Crippen LogP contribution in [0, 0.1) is 6.92 Å². The van der Waals surface area contributed by atoms with Crippen LogP contribution in [0.2, 0.25) is 0 Å². The van der Waals surface area contributed by atoms with Crippen LogP contribution in [0.15, 0.2) is 29.3 Å². The number of hydrogen-bond acceptors (Lipinski definition) is 4. The molecule has 3 rings (SSSR count). The Labute approximate surface area is 130 Å². The fraction of sp³-hybridized carbons (Fsp3) is 0.471. The smallest absolute Gasteiger partial charge is 0.121 e. The van der Waals surface area contributed by atoms with E-state index >= 15 is 0 Å². The average Bonchev–Trinajstić information content (AvgIpc) is 2.53. The van der Waals surface area contributed by atoms with Gasteiger partial charge in [0.15, 0.2) is 0 Å². The number of rotatable bonds is 4. The molecule has 0 aliphatic carbocycles. The Hall–Kier alpha value is -1.26. The molecule has 1 saturated heterocycles. The molecular weight excluding hydrogens is 282 g/mol. The summed E-state index contributed by atoms with van der Waals surface area (Å²) in [4.78, 5) is 4.76. The maximum Gasteiger partial charge on any atom is 0.121 e. The predicted octanol–water partition coefficient (Wildman–Crippen LogP) is 4.21. The van der Waals surface area contributed by atoms with Gasteiger partial charge >= 0.3 is 0 Å².